The largest absolute Gasteiger partial charge is 0.313 e. The van der Waals surface area contributed by atoms with Crippen molar-refractivity contribution in [3.05, 3.63) is 33.2 Å². The van der Waals surface area contributed by atoms with Gasteiger partial charge >= 0.3 is 0 Å². The lowest BCUT2D eigenvalue weighted by molar-refractivity contribution is 0.600. The second kappa shape index (κ2) is 6.82. The van der Waals surface area contributed by atoms with Crippen LogP contribution >= 0.6 is 27.3 Å². The van der Waals surface area contributed by atoms with E-state index in [2.05, 4.69) is 36.2 Å². The number of rotatable bonds is 6. The minimum absolute atomic E-state index is 0.186. The molecule has 2 rings (SSSR count). The van der Waals surface area contributed by atoms with Crippen molar-refractivity contribution in [2.75, 3.05) is 11.3 Å². The van der Waals surface area contributed by atoms with Crippen molar-refractivity contribution in [3.8, 4) is 0 Å². The lowest BCUT2D eigenvalue weighted by Gasteiger charge is -2.09. The lowest BCUT2D eigenvalue weighted by atomic mass is 10.2. The number of aromatic nitrogens is 2. The van der Waals surface area contributed by atoms with Crippen LogP contribution in [0.1, 0.15) is 17.5 Å². The van der Waals surface area contributed by atoms with Crippen LogP contribution < -0.4 is 10.0 Å². The maximum Gasteiger partial charge on any atom is 0.264 e. The Kier molecular flexibility index (Phi) is 5.31. The quantitative estimate of drug-likeness (QED) is 0.791. The van der Waals surface area contributed by atoms with Crippen LogP contribution in [0.2, 0.25) is 0 Å². The van der Waals surface area contributed by atoms with Crippen LogP contribution in [0.5, 0.6) is 0 Å². The van der Waals surface area contributed by atoms with E-state index < -0.39 is 10.0 Å². The molecule has 1 heterocycles. The van der Waals surface area contributed by atoms with Gasteiger partial charge in [0.25, 0.3) is 10.0 Å². The molecule has 0 unspecified atom stereocenters. The minimum atomic E-state index is -3.69. The molecule has 114 valence electrons. The monoisotopic (exact) mass is 390 g/mol. The summed E-state index contributed by atoms with van der Waals surface area (Å²) < 4.78 is 27.8. The summed E-state index contributed by atoms with van der Waals surface area (Å²) >= 11 is 4.47. The van der Waals surface area contributed by atoms with Gasteiger partial charge in [-0.25, -0.2) is 8.42 Å². The molecular formula is C12H15BrN4O2S2. The van der Waals surface area contributed by atoms with Gasteiger partial charge in [-0.2, -0.15) is 0 Å². The van der Waals surface area contributed by atoms with Crippen LogP contribution in [0.25, 0.3) is 0 Å². The molecule has 21 heavy (non-hydrogen) atoms. The maximum absolute atomic E-state index is 12.4. The van der Waals surface area contributed by atoms with Gasteiger partial charge in [-0.05, 0) is 47.1 Å². The van der Waals surface area contributed by atoms with Crippen LogP contribution in [0.4, 0.5) is 5.13 Å². The van der Waals surface area contributed by atoms with Crippen LogP contribution in [-0.4, -0.2) is 25.2 Å². The van der Waals surface area contributed by atoms with Gasteiger partial charge in [0.2, 0.25) is 5.13 Å². The van der Waals surface area contributed by atoms with Crippen molar-refractivity contribution in [3.63, 3.8) is 0 Å². The standard InChI is InChI=1S/C12H15BrN4O2S2/c1-3-14-7-9-4-5-10(13)11(6-9)21(18,19)17-12-16-15-8(2)20-12/h4-6,14H,3,7H2,1-2H3,(H,16,17). The molecule has 0 aliphatic carbocycles. The van der Waals surface area contributed by atoms with Gasteiger partial charge < -0.3 is 5.32 Å². The molecule has 6 nitrogen and oxygen atoms in total. The normalized spacial score (nSPS) is 11.6. The van der Waals surface area contributed by atoms with E-state index in [0.29, 0.717) is 16.0 Å². The molecule has 0 spiro atoms. The summed E-state index contributed by atoms with van der Waals surface area (Å²) in [6.45, 7) is 5.20. The third-order valence-electron chi connectivity index (χ3n) is 2.61. The second-order valence-corrected chi connectivity index (χ2v) is 7.96. The molecule has 0 bridgehead atoms. The van der Waals surface area contributed by atoms with Crippen molar-refractivity contribution in [1.82, 2.24) is 15.5 Å². The summed E-state index contributed by atoms with van der Waals surface area (Å²) in [7, 11) is -3.69. The molecule has 0 aliphatic rings. The topological polar surface area (TPSA) is 84.0 Å². The van der Waals surface area contributed by atoms with Gasteiger partial charge in [0, 0.05) is 11.0 Å². The highest BCUT2D eigenvalue weighted by molar-refractivity contribution is 9.10. The number of nitrogens with zero attached hydrogens (tertiary/aromatic N) is 2. The molecule has 0 saturated heterocycles. The molecule has 9 heteroatoms. The first-order valence-electron chi connectivity index (χ1n) is 6.24. The molecule has 0 amide bonds. The third-order valence-corrected chi connectivity index (χ3v) is 5.83. The first-order valence-corrected chi connectivity index (χ1v) is 9.33. The van der Waals surface area contributed by atoms with Crippen LogP contribution in [0.15, 0.2) is 27.6 Å². The SMILES string of the molecule is CCNCc1ccc(Br)c(S(=O)(=O)Nc2nnc(C)s2)c1. The van der Waals surface area contributed by atoms with Gasteiger partial charge in [-0.1, -0.05) is 24.3 Å². The Labute approximate surface area is 136 Å². The summed E-state index contributed by atoms with van der Waals surface area (Å²) in [5.74, 6) is 0. The Morgan fingerprint density at radius 3 is 2.71 bits per heavy atom. The average Bonchev–Trinajstić information content (AvgIpc) is 2.82. The Morgan fingerprint density at radius 1 is 1.33 bits per heavy atom. The first kappa shape index (κ1) is 16.3. The summed E-state index contributed by atoms with van der Waals surface area (Å²) in [5, 5.41) is 11.7. The van der Waals surface area contributed by atoms with E-state index in [1.165, 1.54) is 11.3 Å². The fourth-order valence-corrected chi connectivity index (χ4v) is 4.48. The lowest BCUT2D eigenvalue weighted by Crippen LogP contribution is -2.15. The number of hydrogen-bond acceptors (Lipinski definition) is 6. The molecule has 0 radical (unpaired) electrons. The summed E-state index contributed by atoms with van der Waals surface area (Å²) in [5.41, 5.74) is 0.897. The number of anilines is 1. The van der Waals surface area contributed by atoms with Gasteiger partial charge in [0.15, 0.2) is 0 Å². The number of aryl methyl sites for hydroxylation is 1. The molecule has 0 saturated carbocycles. The van der Waals surface area contributed by atoms with E-state index in [9.17, 15) is 8.42 Å². The van der Waals surface area contributed by atoms with E-state index in [-0.39, 0.29) is 10.0 Å². The average molecular weight is 391 g/mol. The van der Waals surface area contributed by atoms with Gasteiger partial charge in [-0.3, -0.25) is 4.72 Å². The van der Waals surface area contributed by atoms with Crippen molar-refractivity contribution >= 4 is 42.4 Å². The second-order valence-electron chi connectivity index (χ2n) is 4.28. The Hall–Kier alpha value is -1.03. The summed E-state index contributed by atoms with van der Waals surface area (Å²) in [6.07, 6.45) is 0. The van der Waals surface area contributed by atoms with Crippen molar-refractivity contribution < 1.29 is 8.42 Å². The van der Waals surface area contributed by atoms with Crippen LogP contribution in [0.3, 0.4) is 0 Å². The van der Waals surface area contributed by atoms with Crippen molar-refractivity contribution in [2.45, 2.75) is 25.3 Å². The predicted octanol–water partition coefficient (Wildman–Crippen LogP) is 2.52. The van der Waals surface area contributed by atoms with E-state index in [4.69, 9.17) is 0 Å². The number of sulfonamides is 1. The van der Waals surface area contributed by atoms with Gasteiger partial charge in [0.1, 0.15) is 9.90 Å². The number of halogens is 1. The number of nitrogens with one attached hydrogen (secondary N) is 2. The molecule has 1 aromatic heterocycles. The summed E-state index contributed by atoms with van der Waals surface area (Å²) in [4.78, 5) is 0.186. The number of hydrogen-bond donors (Lipinski definition) is 2. The van der Waals surface area contributed by atoms with E-state index in [1.807, 2.05) is 13.0 Å². The predicted molar refractivity (Wildman–Crippen MR) is 87.0 cm³/mol. The van der Waals surface area contributed by atoms with E-state index in [1.54, 1.807) is 19.1 Å². The first-order chi connectivity index (χ1) is 9.92. The molecule has 0 atom stereocenters. The fraction of sp³-hybridized carbons (Fsp3) is 0.333. The van der Waals surface area contributed by atoms with E-state index in [0.717, 1.165) is 12.1 Å². The highest BCUT2D eigenvalue weighted by Gasteiger charge is 2.20. The van der Waals surface area contributed by atoms with Crippen molar-refractivity contribution in [2.24, 2.45) is 0 Å². The Bertz CT molecular complexity index is 731. The molecule has 0 fully saturated rings. The molecule has 2 N–H and O–H groups in total. The van der Waals surface area contributed by atoms with Crippen LogP contribution in [0, 0.1) is 6.92 Å². The minimum Gasteiger partial charge on any atom is -0.313 e. The molecule has 0 aliphatic heterocycles. The zero-order chi connectivity index (χ0) is 15.5. The zero-order valence-electron chi connectivity index (χ0n) is 11.6. The Balaban J connectivity index is 2.30. The summed E-state index contributed by atoms with van der Waals surface area (Å²) in [6, 6.07) is 5.25. The van der Waals surface area contributed by atoms with Gasteiger partial charge in [0.05, 0.1) is 0 Å². The van der Waals surface area contributed by atoms with Gasteiger partial charge in [-0.15, -0.1) is 10.2 Å². The highest BCUT2D eigenvalue weighted by atomic mass is 79.9. The fourth-order valence-electron chi connectivity index (χ4n) is 1.64. The van der Waals surface area contributed by atoms with E-state index >= 15 is 0 Å². The van der Waals surface area contributed by atoms with Crippen LogP contribution in [-0.2, 0) is 16.6 Å². The molecule has 2 aromatic rings. The smallest absolute Gasteiger partial charge is 0.264 e. The molecular weight excluding hydrogens is 376 g/mol. The third kappa shape index (κ3) is 4.22. The zero-order valence-corrected chi connectivity index (χ0v) is 14.8. The maximum atomic E-state index is 12.4. The molecule has 1 aromatic carbocycles. The highest BCUT2D eigenvalue weighted by Crippen LogP contribution is 2.26. The van der Waals surface area contributed by atoms with Crippen molar-refractivity contribution in [1.29, 1.82) is 0 Å². The number of benzene rings is 1. The Morgan fingerprint density at radius 2 is 2.10 bits per heavy atom.